The van der Waals surface area contributed by atoms with Gasteiger partial charge >= 0.3 is 0 Å². The maximum Gasteiger partial charge on any atom is 0.278 e. The molecule has 2 unspecified atom stereocenters. The summed E-state index contributed by atoms with van der Waals surface area (Å²) in [5.41, 5.74) is 0.843. The van der Waals surface area contributed by atoms with Crippen LogP contribution in [0, 0.1) is 0 Å². The van der Waals surface area contributed by atoms with E-state index in [0.29, 0.717) is 13.0 Å². The number of hydrogen-bond acceptors (Lipinski definition) is 4. The Labute approximate surface area is 135 Å². The van der Waals surface area contributed by atoms with Crippen molar-refractivity contribution in [3.63, 3.8) is 0 Å². The van der Waals surface area contributed by atoms with E-state index in [1.165, 1.54) is 10.9 Å². The minimum Gasteiger partial charge on any atom is -0.504 e. The maximum absolute atomic E-state index is 12.7. The van der Waals surface area contributed by atoms with Crippen molar-refractivity contribution in [2.45, 2.75) is 38.3 Å². The van der Waals surface area contributed by atoms with Crippen molar-refractivity contribution in [2.24, 2.45) is 0 Å². The molecule has 6 nitrogen and oxygen atoms in total. The Morgan fingerprint density at radius 2 is 2.13 bits per heavy atom. The third kappa shape index (κ3) is 3.22. The molecule has 122 valence electrons. The number of rotatable bonds is 4. The van der Waals surface area contributed by atoms with Crippen LogP contribution in [0.4, 0.5) is 0 Å². The largest absolute Gasteiger partial charge is 0.504 e. The number of aromatic nitrogens is 2. The van der Waals surface area contributed by atoms with Gasteiger partial charge in [-0.25, -0.2) is 4.68 Å². The second-order valence-electron chi connectivity index (χ2n) is 6.02. The van der Waals surface area contributed by atoms with Gasteiger partial charge in [-0.05, 0) is 38.3 Å². The number of hydrogen-bond donors (Lipinski definition) is 2. The van der Waals surface area contributed by atoms with E-state index >= 15 is 0 Å². The summed E-state index contributed by atoms with van der Waals surface area (Å²) in [6.45, 7) is 2.36. The highest BCUT2D eigenvalue weighted by atomic mass is 16.3. The normalized spacial score (nSPS) is 19.0. The summed E-state index contributed by atoms with van der Waals surface area (Å²) in [6, 6.07) is 9.34. The highest BCUT2D eigenvalue weighted by Gasteiger charge is 2.32. The van der Waals surface area contributed by atoms with Gasteiger partial charge in [0.15, 0.2) is 11.4 Å². The maximum atomic E-state index is 12.7. The number of carbonyl (C=O) groups excluding carboxylic acids is 1. The lowest BCUT2D eigenvalue weighted by Gasteiger charge is -2.24. The van der Waals surface area contributed by atoms with Crippen molar-refractivity contribution in [2.75, 3.05) is 6.54 Å². The number of benzene rings is 1. The Morgan fingerprint density at radius 3 is 2.83 bits per heavy atom. The van der Waals surface area contributed by atoms with Crippen molar-refractivity contribution in [1.29, 1.82) is 0 Å². The molecule has 2 heterocycles. The number of likely N-dealkylation sites (tertiary alicyclic amines) is 1. The molecule has 0 spiro atoms. The van der Waals surface area contributed by atoms with E-state index < -0.39 is 6.10 Å². The predicted octanol–water partition coefficient (Wildman–Crippen LogP) is 1.95. The fourth-order valence-corrected chi connectivity index (χ4v) is 3.11. The molecule has 0 radical (unpaired) electrons. The molecule has 1 fully saturated rings. The molecule has 3 rings (SSSR count). The van der Waals surface area contributed by atoms with Gasteiger partial charge in [-0.2, -0.15) is 5.10 Å². The lowest BCUT2D eigenvalue weighted by molar-refractivity contribution is 0.0673. The Bertz CT molecular complexity index is 682. The van der Waals surface area contributed by atoms with Gasteiger partial charge in [-0.15, -0.1) is 0 Å². The van der Waals surface area contributed by atoms with Crippen LogP contribution >= 0.6 is 0 Å². The standard InChI is InChI=1S/C17H21N3O3/c1-12(21)10-14-8-5-9-19(14)17(23)16-15(22)11-20(18-16)13-6-3-2-4-7-13/h2-4,6-7,11-12,14,21-22H,5,8-10H2,1H3. The molecule has 23 heavy (non-hydrogen) atoms. The second-order valence-corrected chi connectivity index (χ2v) is 6.02. The van der Waals surface area contributed by atoms with Crippen molar-refractivity contribution < 1.29 is 15.0 Å². The molecular formula is C17H21N3O3. The predicted molar refractivity (Wildman–Crippen MR) is 85.6 cm³/mol. The van der Waals surface area contributed by atoms with Gasteiger partial charge in [0.2, 0.25) is 0 Å². The van der Waals surface area contributed by atoms with Crippen molar-refractivity contribution in [3.05, 3.63) is 42.2 Å². The lowest BCUT2D eigenvalue weighted by Crippen LogP contribution is -2.37. The summed E-state index contributed by atoms with van der Waals surface area (Å²) in [5, 5.41) is 23.9. The van der Waals surface area contributed by atoms with E-state index in [9.17, 15) is 15.0 Å². The average molecular weight is 315 g/mol. The van der Waals surface area contributed by atoms with Crippen molar-refractivity contribution >= 4 is 5.91 Å². The number of aliphatic hydroxyl groups excluding tert-OH is 1. The Hall–Kier alpha value is -2.34. The summed E-state index contributed by atoms with van der Waals surface area (Å²) in [6.07, 6.45) is 3.32. The first-order valence-corrected chi connectivity index (χ1v) is 7.89. The first kappa shape index (κ1) is 15.6. The monoisotopic (exact) mass is 315 g/mol. The highest BCUT2D eigenvalue weighted by molar-refractivity contribution is 5.95. The molecule has 1 aromatic heterocycles. The van der Waals surface area contributed by atoms with E-state index in [1.54, 1.807) is 11.8 Å². The number of carbonyl (C=O) groups is 1. The molecule has 1 saturated heterocycles. The summed E-state index contributed by atoms with van der Waals surface area (Å²) >= 11 is 0. The van der Waals surface area contributed by atoms with Crippen LogP contribution in [0.2, 0.25) is 0 Å². The van der Waals surface area contributed by atoms with Gasteiger partial charge < -0.3 is 15.1 Å². The van der Waals surface area contributed by atoms with Crippen LogP contribution in [0.25, 0.3) is 5.69 Å². The van der Waals surface area contributed by atoms with Gasteiger partial charge in [-0.1, -0.05) is 18.2 Å². The molecule has 0 saturated carbocycles. The van der Waals surface area contributed by atoms with Crippen LogP contribution in [0.1, 0.15) is 36.7 Å². The van der Waals surface area contributed by atoms with Crippen LogP contribution in [-0.4, -0.2) is 49.5 Å². The van der Waals surface area contributed by atoms with Gasteiger partial charge in [0.1, 0.15) is 0 Å². The Morgan fingerprint density at radius 1 is 1.39 bits per heavy atom. The van der Waals surface area contributed by atoms with Crippen LogP contribution in [0.15, 0.2) is 36.5 Å². The summed E-state index contributed by atoms with van der Waals surface area (Å²) < 4.78 is 1.50. The first-order valence-electron chi connectivity index (χ1n) is 7.89. The summed E-state index contributed by atoms with van der Waals surface area (Å²) in [5.74, 6) is -0.401. The van der Waals surface area contributed by atoms with Gasteiger partial charge in [0.25, 0.3) is 5.91 Å². The fraction of sp³-hybridized carbons (Fsp3) is 0.412. The Kier molecular flexibility index (Phi) is 4.34. The molecule has 1 aliphatic rings. The van der Waals surface area contributed by atoms with Gasteiger partial charge in [-0.3, -0.25) is 4.79 Å². The smallest absolute Gasteiger partial charge is 0.278 e. The quantitative estimate of drug-likeness (QED) is 0.904. The van der Waals surface area contributed by atoms with Crippen LogP contribution in [0.3, 0.4) is 0 Å². The highest BCUT2D eigenvalue weighted by Crippen LogP contribution is 2.26. The number of amides is 1. The molecule has 1 aromatic carbocycles. The Balaban J connectivity index is 1.84. The minimum atomic E-state index is -0.455. The van der Waals surface area contributed by atoms with Gasteiger partial charge in [0, 0.05) is 12.6 Å². The van der Waals surface area contributed by atoms with E-state index in [4.69, 9.17) is 0 Å². The van der Waals surface area contributed by atoms with Crippen LogP contribution < -0.4 is 0 Å². The number of nitrogens with zero attached hydrogens (tertiary/aromatic N) is 3. The molecule has 1 aliphatic heterocycles. The average Bonchev–Trinajstić information content (AvgIpc) is 3.14. The van der Waals surface area contributed by atoms with E-state index in [-0.39, 0.29) is 23.4 Å². The minimum absolute atomic E-state index is 0.00350. The third-order valence-corrected chi connectivity index (χ3v) is 4.17. The zero-order valence-electron chi connectivity index (χ0n) is 13.1. The number of para-hydroxylation sites is 1. The molecule has 6 heteroatoms. The third-order valence-electron chi connectivity index (χ3n) is 4.17. The molecular weight excluding hydrogens is 294 g/mol. The summed E-state index contributed by atoms with van der Waals surface area (Å²) in [7, 11) is 0. The molecule has 0 aliphatic carbocycles. The van der Waals surface area contributed by atoms with E-state index in [1.807, 2.05) is 30.3 Å². The molecule has 2 N–H and O–H groups in total. The fourth-order valence-electron chi connectivity index (χ4n) is 3.11. The van der Waals surface area contributed by atoms with Crippen molar-refractivity contribution in [1.82, 2.24) is 14.7 Å². The first-order chi connectivity index (χ1) is 11.1. The zero-order valence-corrected chi connectivity index (χ0v) is 13.1. The summed E-state index contributed by atoms with van der Waals surface area (Å²) in [4.78, 5) is 14.4. The van der Waals surface area contributed by atoms with Crippen LogP contribution in [-0.2, 0) is 0 Å². The number of aromatic hydroxyl groups is 1. The SMILES string of the molecule is CC(O)CC1CCCN1C(=O)c1nn(-c2ccccc2)cc1O. The second kappa shape index (κ2) is 6.42. The van der Waals surface area contributed by atoms with Gasteiger partial charge in [0.05, 0.1) is 18.0 Å². The van der Waals surface area contributed by atoms with E-state index in [0.717, 1.165) is 18.5 Å². The molecule has 2 atom stereocenters. The topological polar surface area (TPSA) is 78.6 Å². The lowest BCUT2D eigenvalue weighted by atomic mass is 10.1. The van der Waals surface area contributed by atoms with E-state index in [2.05, 4.69) is 5.10 Å². The number of aliphatic hydroxyl groups is 1. The van der Waals surface area contributed by atoms with Crippen LogP contribution in [0.5, 0.6) is 5.75 Å². The zero-order chi connectivity index (χ0) is 16.4. The van der Waals surface area contributed by atoms with Crippen molar-refractivity contribution in [3.8, 4) is 11.4 Å². The molecule has 1 amide bonds. The molecule has 2 aromatic rings. The molecule has 0 bridgehead atoms.